The normalized spacial score (nSPS) is 15.4. The van der Waals surface area contributed by atoms with Gasteiger partial charge in [0.05, 0.1) is 23.6 Å². The minimum Gasteiger partial charge on any atom is -0.450 e. The Morgan fingerprint density at radius 3 is 2.17 bits per heavy atom. The molecule has 1 aromatic heterocycles. The molecule has 230 valence electrons. The van der Waals surface area contributed by atoms with Gasteiger partial charge in [-0.2, -0.15) is 4.31 Å². The van der Waals surface area contributed by atoms with Crippen LogP contribution in [0.5, 0.6) is 0 Å². The van der Waals surface area contributed by atoms with Crippen LogP contribution in [0.4, 0.5) is 9.80 Å². The number of carbonyl (C=O) groups is 3. The number of benzene rings is 1. The third kappa shape index (κ3) is 7.15. The van der Waals surface area contributed by atoms with Crippen molar-refractivity contribution in [1.29, 1.82) is 0 Å². The fourth-order valence-electron chi connectivity index (χ4n) is 5.35. The minimum atomic E-state index is -3.73. The maximum Gasteiger partial charge on any atom is 0.410 e. The maximum atomic E-state index is 13.6. The van der Waals surface area contributed by atoms with Crippen LogP contribution < -0.4 is 5.32 Å². The van der Waals surface area contributed by atoms with E-state index in [0.717, 1.165) is 23.3 Å². The number of hydrogen-bond acceptors (Lipinski definition) is 7. The number of rotatable bonds is 10. The Morgan fingerprint density at radius 2 is 1.60 bits per heavy atom. The Kier molecular flexibility index (Phi) is 10.3. The highest BCUT2D eigenvalue weighted by Gasteiger charge is 2.33. The lowest BCUT2D eigenvalue weighted by molar-refractivity contribution is 0.0792. The first-order valence-electron chi connectivity index (χ1n) is 14.7. The standard InChI is InChI=1S/C30H42N4O6S2/c1-6-40-30(37)33-16-13-24-25(19-33)41-28(26(24)29(36)32-14-7-8-15-32)31-27(35)22-9-11-23(12-10-22)42(38,39)34(17-20(2)3)18-21(4)5/h9-12,20-21H,6-8,13-19H2,1-5H3,(H,31,35). The Hall–Kier alpha value is -2.96. The van der Waals surface area contributed by atoms with Crippen LogP contribution in [-0.2, 0) is 27.7 Å². The van der Waals surface area contributed by atoms with Gasteiger partial charge in [0.25, 0.3) is 11.8 Å². The van der Waals surface area contributed by atoms with Gasteiger partial charge in [-0.05, 0) is 67.9 Å². The summed E-state index contributed by atoms with van der Waals surface area (Å²) < 4.78 is 33.5. The molecular weight excluding hydrogens is 576 g/mol. The molecule has 12 heteroatoms. The lowest BCUT2D eigenvalue weighted by Gasteiger charge is -2.26. The minimum absolute atomic E-state index is 0.110. The molecular formula is C30H42N4O6S2. The second-order valence-electron chi connectivity index (χ2n) is 11.7. The summed E-state index contributed by atoms with van der Waals surface area (Å²) in [5, 5.41) is 3.38. The molecule has 4 rings (SSSR count). The Bertz CT molecular complexity index is 1390. The highest BCUT2D eigenvalue weighted by atomic mass is 32.2. The lowest BCUT2D eigenvalue weighted by Crippen LogP contribution is -2.37. The zero-order valence-electron chi connectivity index (χ0n) is 25.1. The van der Waals surface area contributed by atoms with Crippen LogP contribution >= 0.6 is 11.3 Å². The van der Waals surface area contributed by atoms with Crippen LogP contribution in [0, 0.1) is 11.8 Å². The predicted octanol–water partition coefficient (Wildman–Crippen LogP) is 5.05. The number of nitrogens with zero attached hydrogens (tertiary/aromatic N) is 3. The highest BCUT2D eigenvalue weighted by Crippen LogP contribution is 2.39. The summed E-state index contributed by atoms with van der Waals surface area (Å²) in [6, 6.07) is 5.93. The van der Waals surface area contributed by atoms with Crippen molar-refractivity contribution in [1.82, 2.24) is 14.1 Å². The van der Waals surface area contributed by atoms with Gasteiger partial charge in [0, 0.05) is 43.2 Å². The molecule has 1 aromatic carbocycles. The molecule has 3 heterocycles. The van der Waals surface area contributed by atoms with Gasteiger partial charge >= 0.3 is 6.09 Å². The molecule has 3 amide bonds. The molecule has 10 nitrogen and oxygen atoms in total. The monoisotopic (exact) mass is 618 g/mol. The Labute approximate surface area is 253 Å². The second kappa shape index (κ2) is 13.6. The predicted molar refractivity (Wildman–Crippen MR) is 163 cm³/mol. The lowest BCUT2D eigenvalue weighted by atomic mass is 10.0. The van der Waals surface area contributed by atoms with Crippen molar-refractivity contribution >= 4 is 44.3 Å². The van der Waals surface area contributed by atoms with Crippen LogP contribution in [0.15, 0.2) is 29.2 Å². The summed E-state index contributed by atoms with van der Waals surface area (Å²) >= 11 is 1.30. The van der Waals surface area contributed by atoms with Gasteiger partial charge in [-0.15, -0.1) is 11.3 Å². The van der Waals surface area contributed by atoms with Crippen molar-refractivity contribution in [3.05, 3.63) is 45.8 Å². The average Bonchev–Trinajstić information content (AvgIpc) is 3.60. The number of anilines is 1. The van der Waals surface area contributed by atoms with E-state index in [1.54, 1.807) is 11.8 Å². The Morgan fingerprint density at radius 1 is 0.976 bits per heavy atom. The number of ether oxygens (including phenoxy) is 1. The van der Waals surface area contributed by atoms with Gasteiger partial charge in [0.2, 0.25) is 10.0 Å². The number of sulfonamides is 1. The molecule has 0 bridgehead atoms. The van der Waals surface area contributed by atoms with E-state index >= 15 is 0 Å². The van der Waals surface area contributed by atoms with E-state index in [1.807, 2.05) is 32.6 Å². The van der Waals surface area contributed by atoms with Crippen LogP contribution in [0.1, 0.15) is 78.6 Å². The van der Waals surface area contributed by atoms with Crippen LogP contribution in [0.25, 0.3) is 0 Å². The molecule has 0 atom stereocenters. The topological polar surface area (TPSA) is 116 Å². The molecule has 0 spiro atoms. The fraction of sp³-hybridized carbons (Fsp3) is 0.567. The quantitative estimate of drug-likeness (QED) is 0.398. The number of likely N-dealkylation sites (tertiary alicyclic amines) is 1. The molecule has 1 N–H and O–H groups in total. The van der Waals surface area contributed by atoms with Gasteiger partial charge in [-0.25, -0.2) is 13.2 Å². The van der Waals surface area contributed by atoms with E-state index in [1.165, 1.54) is 39.9 Å². The van der Waals surface area contributed by atoms with E-state index < -0.39 is 22.0 Å². The van der Waals surface area contributed by atoms with Crippen molar-refractivity contribution in [2.45, 2.75) is 65.3 Å². The summed E-state index contributed by atoms with van der Waals surface area (Å²) in [6.45, 7) is 12.9. The molecule has 2 aromatic rings. The number of nitrogens with one attached hydrogen (secondary N) is 1. The summed E-state index contributed by atoms with van der Waals surface area (Å²) in [7, 11) is -3.73. The number of thiophene rings is 1. The maximum absolute atomic E-state index is 13.6. The van der Waals surface area contributed by atoms with Crippen LogP contribution in [0.3, 0.4) is 0 Å². The number of fused-ring (bicyclic) bond motifs is 1. The number of amides is 3. The van der Waals surface area contributed by atoms with Gasteiger partial charge < -0.3 is 19.9 Å². The number of hydrogen-bond donors (Lipinski definition) is 1. The summed E-state index contributed by atoms with van der Waals surface area (Å²) in [5.41, 5.74) is 1.64. The smallest absolute Gasteiger partial charge is 0.410 e. The molecule has 1 fully saturated rings. The summed E-state index contributed by atoms with van der Waals surface area (Å²) in [4.78, 5) is 43.8. The van der Waals surface area contributed by atoms with Crippen molar-refractivity contribution in [2.24, 2.45) is 11.8 Å². The third-order valence-corrected chi connectivity index (χ3v) is 10.3. The van der Waals surface area contributed by atoms with Gasteiger partial charge in [0.15, 0.2) is 0 Å². The molecule has 1 saturated heterocycles. The number of carbonyl (C=O) groups excluding carboxylic acids is 3. The molecule has 2 aliphatic rings. The van der Waals surface area contributed by atoms with E-state index in [0.29, 0.717) is 56.3 Å². The zero-order valence-corrected chi connectivity index (χ0v) is 26.8. The molecule has 0 saturated carbocycles. The second-order valence-corrected chi connectivity index (χ2v) is 14.7. The molecule has 0 radical (unpaired) electrons. The fourth-order valence-corrected chi connectivity index (χ4v) is 8.37. The van der Waals surface area contributed by atoms with E-state index in [-0.39, 0.29) is 34.8 Å². The van der Waals surface area contributed by atoms with Crippen molar-refractivity contribution in [2.75, 3.05) is 44.6 Å². The first-order chi connectivity index (χ1) is 19.9. The van der Waals surface area contributed by atoms with Crippen molar-refractivity contribution < 1.29 is 27.5 Å². The van der Waals surface area contributed by atoms with E-state index in [2.05, 4.69) is 5.32 Å². The van der Waals surface area contributed by atoms with Crippen molar-refractivity contribution in [3.63, 3.8) is 0 Å². The van der Waals surface area contributed by atoms with Crippen molar-refractivity contribution in [3.8, 4) is 0 Å². The molecule has 0 aliphatic carbocycles. The van der Waals surface area contributed by atoms with Gasteiger partial charge in [0.1, 0.15) is 5.00 Å². The SMILES string of the molecule is CCOC(=O)N1CCc2c(sc(NC(=O)c3ccc(S(=O)(=O)N(CC(C)C)CC(C)C)cc3)c2C(=O)N2CCCC2)C1. The summed E-state index contributed by atoms with van der Waals surface area (Å²) in [5.74, 6) is -0.206. The van der Waals surface area contributed by atoms with Crippen LogP contribution in [0.2, 0.25) is 0 Å². The van der Waals surface area contributed by atoms with Gasteiger partial charge in [-0.1, -0.05) is 27.7 Å². The van der Waals surface area contributed by atoms with Gasteiger partial charge in [-0.3, -0.25) is 9.59 Å². The zero-order chi connectivity index (χ0) is 30.6. The van der Waals surface area contributed by atoms with E-state index in [9.17, 15) is 22.8 Å². The van der Waals surface area contributed by atoms with E-state index in [4.69, 9.17) is 4.74 Å². The molecule has 42 heavy (non-hydrogen) atoms. The van der Waals surface area contributed by atoms with Crippen LogP contribution in [-0.4, -0.2) is 79.8 Å². The largest absolute Gasteiger partial charge is 0.450 e. The molecule has 0 unspecified atom stereocenters. The first-order valence-corrected chi connectivity index (χ1v) is 16.9. The highest BCUT2D eigenvalue weighted by molar-refractivity contribution is 7.89. The third-order valence-electron chi connectivity index (χ3n) is 7.31. The first kappa shape index (κ1) is 32.0. The Balaban J connectivity index is 1.59. The average molecular weight is 619 g/mol. The summed E-state index contributed by atoms with van der Waals surface area (Å²) in [6.07, 6.45) is 1.98. The molecule has 2 aliphatic heterocycles.